The number of aromatic nitrogens is 2. The Balaban J connectivity index is 1.62. The van der Waals surface area contributed by atoms with Crippen LogP contribution in [0.3, 0.4) is 0 Å². The van der Waals surface area contributed by atoms with E-state index >= 15 is 0 Å². The molecular formula is C19H19ClN4OS2. The number of benzene rings is 2. The third-order valence-corrected chi connectivity index (χ3v) is 6.12. The van der Waals surface area contributed by atoms with E-state index in [0.29, 0.717) is 10.2 Å². The van der Waals surface area contributed by atoms with Gasteiger partial charge in [0.15, 0.2) is 4.34 Å². The molecule has 0 fully saturated rings. The summed E-state index contributed by atoms with van der Waals surface area (Å²) < 4.78 is 0.726. The van der Waals surface area contributed by atoms with Crippen LogP contribution in [0.1, 0.15) is 18.1 Å². The van der Waals surface area contributed by atoms with Crippen molar-refractivity contribution in [3.8, 4) is 0 Å². The molecule has 0 unspecified atom stereocenters. The number of rotatable bonds is 6. The van der Waals surface area contributed by atoms with Crippen LogP contribution in [0.5, 0.6) is 0 Å². The van der Waals surface area contributed by atoms with E-state index in [-0.39, 0.29) is 11.2 Å². The Labute approximate surface area is 171 Å². The Morgan fingerprint density at radius 2 is 1.85 bits per heavy atom. The van der Waals surface area contributed by atoms with Crippen molar-refractivity contribution in [3.63, 3.8) is 0 Å². The Kier molecular flexibility index (Phi) is 6.36. The van der Waals surface area contributed by atoms with E-state index in [9.17, 15) is 4.79 Å². The molecule has 8 heteroatoms. The molecule has 0 bridgehead atoms. The van der Waals surface area contributed by atoms with Crippen molar-refractivity contribution in [2.45, 2.75) is 30.4 Å². The molecule has 0 saturated carbocycles. The standard InChI is InChI=1S/C19H19ClN4OS2/c1-11-6-4-7-12(2)16(11)22-17(25)13(3)26-19-24-23-18(27-19)21-15-9-5-8-14(20)10-15/h4-10,13H,1-3H3,(H,21,23)(H,22,25)/t13-/m1/s1. The average Bonchev–Trinajstić information content (AvgIpc) is 3.05. The molecule has 140 valence electrons. The molecule has 3 aromatic rings. The second kappa shape index (κ2) is 8.73. The van der Waals surface area contributed by atoms with Gasteiger partial charge in [-0.3, -0.25) is 4.79 Å². The molecule has 0 spiro atoms. The lowest BCUT2D eigenvalue weighted by Crippen LogP contribution is -2.23. The summed E-state index contributed by atoms with van der Waals surface area (Å²) in [4.78, 5) is 12.6. The van der Waals surface area contributed by atoms with Crippen molar-refractivity contribution in [3.05, 3.63) is 58.6 Å². The molecular weight excluding hydrogens is 400 g/mol. The molecule has 1 atom stereocenters. The molecule has 27 heavy (non-hydrogen) atoms. The fourth-order valence-corrected chi connectivity index (χ4v) is 4.55. The number of anilines is 3. The van der Waals surface area contributed by atoms with Gasteiger partial charge in [0, 0.05) is 16.4 Å². The number of para-hydroxylation sites is 1. The number of hydrogen-bond donors (Lipinski definition) is 2. The van der Waals surface area contributed by atoms with Gasteiger partial charge in [-0.1, -0.05) is 59.0 Å². The van der Waals surface area contributed by atoms with E-state index in [1.807, 2.05) is 63.2 Å². The zero-order valence-corrected chi connectivity index (χ0v) is 17.5. The van der Waals surface area contributed by atoms with Gasteiger partial charge in [-0.2, -0.15) is 0 Å². The van der Waals surface area contributed by atoms with Crippen LogP contribution in [-0.4, -0.2) is 21.4 Å². The minimum Gasteiger partial charge on any atom is -0.330 e. The minimum atomic E-state index is -0.295. The zero-order valence-electron chi connectivity index (χ0n) is 15.1. The lowest BCUT2D eigenvalue weighted by Gasteiger charge is -2.14. The summed E-state index contributed by atoms with van der Waals surface area (Å²) in [7, 11) is 0. The first kappa shape index (κ1) is 19.7. The molecule has 1 aromatic heterocycles. The number of hydrogen-bond acceptors (Lipinski definition) is 6. The lowest BCUT2D eigenvalue weighted by atomic mass is 10.1. The topological polar surface area (TPSA) is 66.9 Å². The third-order valence-electron chi connectivity index (χ3n) is 3.86. The van der Waals surface area contributed by atoms with Crippen LogP contribution >= 0.6 is 34.7 Å². The van der Waals surface area contributed by atoms with E-state index in [1.54, 1.807) is 0 Å². The SMILES string of the molecule is Cc1cccc(C)c1NC(=O)[C@@H](C)Sc1nnc(Nc2cccc(Cl)c2)s1. The monoisotopic (exact) mass is 418 g/mol. The maximum Gasteiger partial charge on any atom is 0.237 e. The first-order chi connectivity index (χ1) is 12.9. The molecule has 0 radical (unpaired) electrons. The quantitative estimate of drug-likeness (QED) is 0.504. The zero-order chi connectivity index (χ0) is 19.4. The first-order valence-electron chi connectivity index (χ1n) is 8.32. The van der Waals surface area contributed by atoms with Gasteiger partial charge < -0.3 is 10.6 Å². The Hall–Kier alpha value is -2.09. The highest BCUT2D eigenvalue weighted by atomic mass is 35.5. The number of aryl methyl sites for hydroxylation is 2. The van der Waals surface area contributed by atoms with Crippen LogP contribution in [0.15, 0.2) is 46.8 Å². The van der Waals surface area contributed by atoms with Gasteiger partial charge in [-0.15, -0.1) is 10.2 Å². The molecule has 0 aliphatic heterocycles. The van der Waals surface area contributed by atoms with Gasteiger partial charge in [-0.25, -0.2) is 0 Å². The van der Waals surface area contributed by atoms with Crippen molar-refractivity contribution in [2.75, 3.05) is 10.6 Å². The van der Waals surface area contributed by atoms with Crippen molar-refractivity contribution in [1.82, 2.24) is 10.2 Å². The average molecular weight is 419 g/mol. The molecule has 2 N–H and O–H groups in total. The van der Waals surface area contributed by atoms with Crippen LogP contribution in [0, 0.1) is 13.8 Å². The second-order valence-corrected chi connectivity index (χ2v) is 9.03. The number of carbonyl (C=O) groups excluding carboxylic acids is 1. The number of nitrogens with one attached hydrogen (secondary N) is 2. The highest BCUT2D eigenvalue weighted by Gasteiger charge is 2.18. The van der Waals surface area contributed by atoms with Crippen LogP contribution in [-0.2, 0) is 4.79 Å². The second-order valence-electron chi connectivity index (χ2n) is 6.02. The van der Waals surface area contributed by atoms with E-state index in [1.165, 1.54) is 23.1 Å². The molecule has 0 aliphatic carbocycles. The molecule has 1 heterocycles. The van der Waals surface area contributed by atoms with Gasteiger partial charge in [0.1, 0.15) is 0 Å². The summed E-state index contributed by atoms with van der Waals surface area (Å²) in [5, 5.41) is 15.5. The summed E-state index contributed by atoms with van der Waals surface area (Å²) >= 11 is 8.77. The van der Waals surface area contributed by atoms with Crippen LogP contribution in [0.2, 0.25) is 5.02 Å². The predicted octanol–water partition coefficient (Wildman–Crippen LogP) is 5.67. The first-order valence-corrected chi connectivity index (χ1v) is 10.4. The maximum absolute atomic E-state index is 12.6. The number of amides is 1. The molecule has 3 rings (SSSR count). The van der Waals surface area contributed by atoms with Crippen molar-refractivity contribution in [2.24, 2.45) is 0 Å². The van der Waals surface area contributed by atoms with Gasteiger partial charge in [0.25, 0.3) is 0 Å². The highest BCUT2D eigenvalue weighted by Crippen LogP contribution is 2.31. The number of thioether (sulfide) groups is 1. The minimum absolute atomic E-state index is 0.0584. The lowest BCUT2D eigenvalue weighted by molar-refractivity contribution is -0.115. The van der Waals surface area contributed by atoms with Crippen molar-refractivity contribution in [1.29, 1.82) is 0 Å². The van der Waals surface area contributed by atoms with E-state index < -0.39 is 0 Å². The van der Waals surface area contributed by atoms with Gasteiger partial charge >= 0.3 is 0 Å². The van der Waals surface area contributed by atoms with Crippen LogP contribution in [0.25, 0.3) is 0 Å². The van der Waals surface area contributed by atoms with E-state index in [4.69, 9.17) is 11.6 Å². The molecule has 1 amide bonds. The Morgan fingerprint density at radius 3 is 2.56 bits per heavy atom. The van der Waals surface area contributed by atoms with Crippen molar-refractivity contribution < 1.29 is 4.79 Å². The molecule has 0 aliphatic rings. The summed E-state index contributed by atoms with van der Waals surface area (Å²) in [5.41, 5.74) is 3.81. The fourth-order valence-electron chi connectivity index (χ4n) is 2.44. The summed E-state index contributed by atoms with van der Waals surface area (Å²) in [6.45, 7) is 5.83. The largest absolute Gasteiger partial charge is 0.330 e. The Bertz CT molecular complexity index is 940. The number of carbonyl (C=O) groups is 1. The smallest absolute Gasteiger partial charge is 0.237 e. The Morgan fingerprint density at radius 1 is 1.15 bits per heavy atom. The van der Waals surface area contributed by atoms with Crippen molar-refractivity contribution >= 4 is 57.1 Å². The fraction of sp³-hybridized carbons (Fsp3) is 0.211. The summed E-state index contributed by atoms with van der Waals surface area (Å²) in [6.07, 6.45) is 0. The molecule has 5 nitrogen and oxygen atoms in total. The maximum atomic E-state index is 12.6. The molecule has 0 saturated heterocycles. The summed E-state index contributed by atoms with van der Waals surface area (Å²) in [5.74, 6) is -0.0584. The van der Waals surface area contributed by atoms with E-state index in [0.717, 1.165) is 26.8 Å². The van der Waals surface area contributed by atoms with Gasteiger partial charge in [-0.05, 0) is 50.1 Å². The number of halogens is 1. The highest BCUT2D eigenvalue weighted by molar-refractivity contribution is 8.02. The normalized spacial score (nSPS) is 11.9. The third kappa shape index (κ3) is 5.22. The number of nitrogens with zero attached hydrogens (tertiary/aromatic N) is 2. The van der Waals surface area contributed by atoms with Gasteiger partial charge in [0.2, 0.25) is 11.0 Å². The van der Waals surface area contributed by atoms with Crippen LogP contribution in [0.4, 0.5) is 16.5 Å². The van der Waals surface area contributed by atoms with Gasteiger partial charge in [0.05, 0.1) is 5.25 Å². The van der Waals surface area contributed by atoms with Crippen LogP contribution < -0.4 is 10.6 Å². The summed E-state index contributed by atoms with van der Waals surface area (Å²) in [6, 6.07) is 13.3. The van der Waals surface area contributed by atoms with E-state index in [2.05, 4.69) is 20.8 Å². The molecule has 2 aromatic carbocycles. The predicted molar refractivity (Wildman–Crippen MR) is 115 cm³/mol.